The number of hydrogen-bond donors (Lipinski definition) is 4. The number of anilines is 1. The highest BCUT2D eigenvalue weighted by molar-refractivity contribution is 5.91. The fourth-order valence-electron chi connectivity index (χ4n) is 3.03. The second kappa shape index (κ2) is 13.1. The molecule has 33 heavy (non-hydrogen) atoms. The molecule has 0 fully saturated rings. The Morgan fingerprint density at radius 1 is 1.06 bits per heavy atom. The minimum Gasteiger partial charge on any atom is -0.497 e. The zero-order valence-corrected chi connectivity index (χ0v) is 18.9. The molecule has 9 heteroatoms. The van der Waals surface area contributed by atoms with Gasteiger partial charge in [0.15, 0.2) is 0 Å². The molecule has 0 bridgehead atoms. The highest BCUT2D eigenvalue weighted by Crippen LogP contribution is 2.31. The van der Waals surface area contributed by atoms with Gasteiger partial charge in [-0.25, -0.2) is 10.3 Å². The summed E-state index contributed by atoms with van der Waals surface area (Å²) in [6, 6.07) is 13.9. The predicted octanol–water partition coefficient (Wildman–Crippen LogP) is 3.83. The maximum atomic E-state index is 12.6. The van der Waals surface area contributed by atoms with Gasteiger partial charge in [-0.15, -0.1) is 0 Å². The van der Waals surface area contributed by atoms with Crippen LogP contribution in [-0.2, 0) is 9.53 Å². The van der Waals surface area contributed by atoms with Crippen LogP contribution < -0.4 is 20.3 Å². The number of amides is 2. The van der Waals surface area contributed by atoms with E-state index in [2.05, 4.69) is 5.32 Å². The molecule has 0 aliphatic carbocycles. The highest BCUT2D eigenvalue weighted by atomic mass is 16.6. The fraction of sp³-hybridized carbons (Fsp3) is 0.333. The van der Waals surface area contributed by atoms with Gasteiger partial charge in [-0.2, -0.15) is 0 Å². The third-order valence-electron chi connectivity index (χ3n) is 4.91. The first kappa shape index (κ1) is 25.7. The fourth-order valence-corrected chi connectivity index (χ4v) is 3.03. The lowest BCUT2D eigenvalue weighted by Crippen LogP contribution is -2.22. The van der Waals surface area contributed by atoms with Crippen molar-refractivity contribution in [3.63, 3.8) is 0 Å². The van der Waals surface area contributed by atoms with Gasteiger partial charge < -0.3 is 19.3 Å². The van der Waals surface area contributed by atoms with E-state index in [-0.39, 0.29) is 19.1 Å². The normalized spacial score (nSPS) is 12.9. The minimum atomic E-state index is -0.633. The van der Waals surface area contributed by atoms with Crippen molar-refractivity contribution in [1.82, 2.24) is 5.48 Å². The second-order valence-electron chi connectivity index (χ2n) is 7.36. The van der Waals surface area contributed by atoms with Crippen LogP contribution in [0.25, 0.3) is 0 Å². The molecule has 0 saturated carbocycles. The van der Waals surface area contributed by atoms with Crippen molar-refractivity contribution in [3.05, 3.63) is 65.7 Å². The van der Waals surface area contributed by atoms with Crippen LogP contribution in [0.2, 0.25) is 0 Å². The van der Waals surface area contributed by atoms with E-state index in [9.17, 15) is 9.59 Å². The van der Waals surface area contributed by atoms with Gasteiger partial charge in [-0.05, 0) is 55.3 Å². The average Bonchev–Trinajstić information content (AvgIpc) is 2.84. The number of carbonyl (C=O) groups is 2. The van der Waals surface area contributed by atoms with Crippen LogP contribution >= 0.6 is 0 Å². The number of methoxy groups -OCH3 is 1. The van der Waals surface area contributed by atoms with E-state index in [1.165, 1.54) is 0 Å². The molecule has 0 heterocycles. The maximum absolute atomic E-state index is 12.6. The van der Waals surface area contributed by atoms with E-state index >= 15 is 0 Å². The van der Waals surface area contributed by atoms with Crippen LogP contribution in [0.15, 0.2) is 60.2 Å². The molecule has 2 amide bonds. The summed E-state index contributed by atoms with van der Waals surface area (Å²) < 4.78 is 16.3. The van der Waals surface area contributed by atoms with Gasteiger partial charge in [0.05, 0.1) is 13.7 Å². The van der Waals surface area contributed by atoms with Crippen LogP contribution in [0.5, 0.6) is 11.5 Å². The minimum absolute atomic E-state index is 0.0941. The Hall–Kier alpha value is -3.56. The number of allylic oxidation sites excluding steroid dienone is 1. The SMILES string of the molecule is COc1ccc(NC(=O)O[C@H](c2ccc(OCCO)cc2)[C@@H](C)C/C=C(\C)C(=O)NO)cc1. The first-order valence-electron chi connectivity index (χ1n) is 10.4. The first-order valence-corrected chi connectivity index (χ1v) is 10.4. The van der Waals surface area contributed by atoms with Crippen LogP contribution in [0.1, 0.15) is 31.9 Å². The lowest BCUT2D eigenvalue weighted by molar-refractivity contribution is -0.125. The number of ether oxygens (including phenoxy) is 3. The van der Waals surface area contributed by atoms with E-state index in [4.69, 9.17) is 24.5 Å². The number of rotatable bonds is 11. The standard InChI is InChI=1S/C24H30N2O7/c1-16(4-5-17(2)23(28)26-30)22(18-6-10-21(11-7-18)32-15-14-27)33-24(29)25-19-8-12-20(31-3)13-9-19/h5-13,16,22,27,30H,4,14-15H2,1-3H3,(H,25,29)(H,26,28)/b17-5+/t16-,22-/m0/s1. The molecule has 0 aliphatic heterocycles. The highest BCUT2D eigenvalue weighted by Gasteiger charge is 2.24. The summed E-state index contributed by atoms with van der Waals surface area (Å²) in [5.41, 5.74) is 3.23. The summed E-state index contributed by atoms with van der Waals surface area (Å²) in [6.07, 6.45) is 0.831. The molecule has 0 aliphatic rings. The van der Waals surface area contributed by atoms with Crippen molar-refractivity contribution >= 4 is 17.7 Å². The Labute approximate surface area is 192 Å². The molecule has 0 radical (unpaired) electrons. The number of carbonyl (C=O) groups excluding carboxylic acids is 2. The molecular formula is C24H30N2O7. The quantitative estimate of drug-likeness (QED) is 0.229. The number of aliphatic hydroxyl groups is 1. The van der Waals surface area contributed by atoms with Crippen LogP contribution in [0.4, 0.5) is 10.5 Å². The van der Waals surface area contributed by atoms with Crippen LogP contribution in [0.3, 0.4) is 0 Å². The van der Waals surface area contributed by atoms with Crippen molar-refractivity contribution in [3.8, 4) is 11.5 Å². The van der Waals surface area contributed by atoms with E-state index in [0.29, 0.717) is 29.2 Å². The number of benzene rings is 2. The number of aliphatic hydroxyl groups excluding tert-OH is 1. The molecule has 2 atom stereocenters. The lowest BCUT2D eigenvalue weighted by Gasteiger charge is -2.24. The van der Waals surface area contributed by atoms with Gasteiger partial charge in [0, 0.05) is 17.2 Å². The Kier molecular flexibility index (Phi) is 10.2. The summed E-state index contributed by atoms with van der Waals surface area (Å²) in [7, 11) is 1.56. The maximum Gasteiger partial charge on any atom is 0.412 e. The van der Waals surface area contributed by atoms with Crippen molar-refractivity contribution < 1.29 is 34.1 Å². The predicted molar refractivity (Wildman–Crippen MR) is 122 cm³/mol. The molecule has 2 aromatic carbocycles. The first-order chi connectivity index (χ1) is 15.9. The summed E-state index contributed by atoms with van der Waals surface area (Å²) >= 11 is 0. The molecule has 2 rings (SSSR count). The summed E-state index contributed by atoms with van der Waals surface area (Å²) in [5, 5.41) is 20.4. The lowest BCUT2D eigenvalue weighted by atomic mass is 9.93. The molecule has 0 spiro atoms. The zero-order chi connectivity index (χ0) is 24.2. The summed E-state index contributed by atoms with van der Waals surface area (Å²) in [4.78, 5) is 24.2. The molecule has 0 unspecified atom stereocenters. The third kappa shape index (κ3) is 8.13. The largest absolute Gasteiger partial charge is 0.497 e. The van der Waals surface area contributed by atoms with E-state index in [1.807, 2.05) is 6.92 Å². The van der Waals surface area contributed by atoms with Gasteiger partial charge in [-0.1, -0.05) is 25.1 Å². The monoisotopic (exact) mass is 458 g/mol. The molecule has 4 N–H and O–H groups in total. The van der Waals surface area contributed by atoms with E-state index < -0.39 is 18.1 Å². The van der Waals surface area contributed by atoms with Gasteiger partial charge >= 0.3 is 6.09 Å². The summed E-state index contributed by atoms with van der Waals surface area (Å²) in [6.45, 7) is 3.56. The molecular weight excluding hydrogens is 428 g/mol. The second-order valence-corrected chi connectivity index (χ2v) is 7.36. The van der Waals surface area contributed by atoms with Gasteiger partial charge in [0.2, 0.25) is 0 Å². The molecule has 9 nitrogen and oxygen atoms in total. The Balaban J connectivity index is 2.17. The van der Waals surface area contributed by atoms with Gasteiger partial charge in [-0.3, -0.25) is 15.3 Å². The van der Waals surface area contributed by atoms with Gasteiger partial charge in [0.25, 0.3) is 5.91 Å². The number of hydroxylamine groups is 1. The molecule has 0 aromatic heterocycles. The molecule has 0 saturated heterocycles. The van der Waals surface area contributed by atoms with E-state index in [0.717, 1.165) is 5.56 Å². The van der Waals surface area contributed by atoms with Crippen molar-refractivity contribution in [2.45, 2.75) is 26.4 Å². The van der Waals surface area contributed by atoms with Crippen molar-refractivity contribution in [1.29, 1.82) is 0 Å². The molecule has 2 aromatic rings. The topological polar surface area (TPSA) is 126 Å². The smallest absolute Gasteiger partial charge is 0.412 e. The Bertz CT molecular complexity index is 927. The Morgan fingerprint density at radius 3 is 2.27 bits per heavy atom. The van der Waals surface area contributed by atoms with Crippen molar-refractivity contribution in [2.75, 3.05) is 25.6 Å². The van der Waals surface area contributed by atoms with Crippen LogP contribution in [0, 0.1) is 5.92 Å². The van der Waals surface area contributed by atoms with E-state index in [1.54, 1.807) is 74.1 Å². The zero-order valence-electron chi connectivity index (χ0n) is 18.9. The van der Waals surface area contributed by atoms with Gasteiger partial charge in [0.1, 0.15) is 24.2 Å². The summed E-state index contributed by atoms with van der Waals surface area (Å²) in [5.74, 6) is 0.454. The Morgan fingerprint density at radius 2 is 1.70 bits per heavy atom. The molecule has 178 valence electrons. The number of nitrogens with one attached hydrogen (secondary N) is 2. The average molecular weight is 459 g/mol. The van der Waals surface area contributed by atoms with Crippen LogP contribution in [-0.4, -0.2) is 42.6 Å². The third-order valence-corrected chi connectivity index (χ3v) is 4.91. The van der Waals surface area contributed by atoms with Crippen molar-refractivity contribution in [2.24, 2.45) is 5.92 Å². The number of hydrogen-bond acceptors (Lipinski definition) is 7.